The first kappa shape index (κ1) is 13.5. The number of ether oxygens (including phenoxy) is 1. The molecular formula is C12H14BrClO2. The summed E-state index contributed by atoms with van der Waals surface area (Å²) in [7, 11) is 0. The lowest BCUT2D eigenvalue weighted by Crippen LogP contribution is -2.05. The number of carbonyl (C=O) groups excluding carboxylic acids is 1. The summed E-state index contributed by atoms with van der Waals surface area (Å²) in [6.45, 7) is 4.02. The van der Waals surface area contributed by atoms with Crippen LogP contribution in [0, 0.1) is 0 Å². The lowest BCUT2D eigenvalue weighted by molar-refractivity contribution is -0.116. The molecule has 1 aromatic rings. The Morgan fingerprint density at radius 1 is 1.56 bits per heavy atom. The molecule has 1 rings (SSSR count). The predicted molar refractivity (Wildman–Crippen MR) is 69.5 cm³/mol. The average molecular weight is 306 g/mol. The van der Waals surface area contributed by atoms with Crippen LogP contribution in [0.15, 0.2) is 18.2 Å². The van der Waals surface area contributed by atoms with Crippen molar-refractivity contribution in [2.45, 2.75) is 24.6 Å². The molecule has 0 saturated heterocycles. The number of alkyl halides is 2. The fraction of sp³-hybridized carbons (Fsp3) is 0.417. The second-order valence-corrected chi connectivity index (χ2v) is 4.59. The minimum absolute atomic E-state index is 0.0552. The average Bonchev–Trinajstić information content (AvgIpc) is 2.28. The molecule has 0 aliphatic carbocycles. The van der Waals surface area contributed by atoms with Crippen molar-refractivity contribution in [1.29, 1.82) is 0 Å². The van der Waals surface area contributed by atoms with Crippen LogP contribution in [0.25, 0.3) is 0 Å². The van der Waals surface area contributed by atoms with E-state index in [0.29, 0.717) is 12.5 Å². The zero-order chi connectivity index (χ0) is 12.1. The Morgan fingerprint density at radius 3 is 2.75 bits per heavy atom. The van der Waals surface area contributed by atoms with Gasteiger partial charge in [0.15, 0.2) is 0 Å². The number of ketones is 1. The molecule has 2 nitrogen and oxygen atoms in total. The van der Waals surface area contributed by atoms with E-state index in [1.807, 2.05) is 25.1 Å². The topological polar surface area (TPSA) is 26.3 Å². The highest BCUT2D eigenvalue weighted by atomic mass is 79.9. The van der Waals surface area contributed by atoms with Crippen LogP contribution in [0.4, 0.5) is 0 Å². The summed E-state index contributed by atoms with van der Waals surface area (Å²) in [6, 6.07) is 5.66. The molecule has 0 aliphatic rings. The van der Waals surface area contributed by atoms with Crippen molar-refractivity contribution in [3.05, 3.63) is 29.3 Å². The summed E-state index contributed by atoms with van der Waals surface area (Å²) in [5.74, 6) is 1.21. The fourth-order valence-corrected chi connectivity index (χ4v) is 1.92. The second-order valence-electron chi connectivity index (χ2n) is 3.41. The van der Waals surface area contributed by atoms with Gasteiger partial charge in [-0.3, -0.25) is 4.79 Å². The quantitative estimate of drug-likeness (QED) is 0.772. The maximum absolute atomic E-state index is 11.3. The molecule has 1 atom stereocenters. The van der Waals surface area contributed by atoms with Crippen LogP contribution < -0.4 is 4.74 Å². The standard InChI is InChI=1S/C12H14BrClO2/c1-3-16-11-6-9(7-14)4-5-10(11)12(13)8(2)15/h4-6,12H,3,7H2,1-2H3. The van der Waals surface area contributed by atoms with Crippen LogP contribution in [0.1, 0.15) is 29.8 Å². The minimum atomic E-state index is -0.321. The Bertz CT molecular complexity index is 379. The fourth-order valence-electron chi connectivity index (χ4n) is 1.37. The van der Waals surface area contributed by atoms with Gasteiger partial charge in [0.25, 0.3) is 0 Å². The highest BCUT2D eigenvalue weighted by Crippen LogP contribution is 2.33. The highest BCUT2D eigenvalue weighted by Gasteiger charge is 2.17. The highest BCUT2D eigenvalue weighted by molar-refractivity contribution is 9.09. The Morgan fingerprint density at radius 2 is 2.25 bits per heavy atom. The smallest absolute Gasteiger partial charge is 0.147 e. The Kier molecular flexibility index (Phi) is 5.29. The van der Waals surface area contributed by atoms with E-state index >= 15 is 0 Å². The molecular weight excluding hydrogens is 291 g/mol. The van der Waals surface area contributed by atoms with Gasteiger partial charge in [0.05, 0.1) is 6.61 Å². The van der Waals surface area contributed by atoms with Crippen molar-refractivity contribution >= 4 is 33.3 Å². The van der Waals surface area contributed by atoms with Gasteiger partial charge in [-0.05, 0) is 25.5 Å². The van der Waals surface area contributed by atoms with E-state index < -0.39 is 0 Å². The van der Waals surface area contributed by atoms with Crippen molar-refractivity contribution in [3.63, 3.8) is 0 Å². The Balaban J connectivity index is 3.11. The summed E-state index contributed by atoms with van der Waals surface area (Å²) in [5.41, 5.74) is 1.83. The molecule has 0 saturated carbocycles. The number of Topliss-reactive ketones (excluding diaryl/α,β-unsaturated/α-hetero) is 1. The number of halogens is 2. The molecule has 0 N–H and O–H groups in total. The third-order valence-electron chi connectivity index (χ3n) is 2.16. The van der Waals surface area contributed by atoms with Gasteiger partial charge in [0, 0.05) is 11.4 Å². The molecule has 0 amide bonds. The van der Waals surface area contributed by atoms with Crippen LogP contribution in [-0.2, 0) is 10.7 Å². The van der Waals surface area contributed by atoms with Crippen LogP contribution >= 0.6 is 27.5 Å². The van der Waals surface area contributed by atoms with E-state index in [1.54, 1.807) is 6.92 Å². The number of rotatable bonds is 5. The number of hydrogen-bond acceptors (Lipinski definition) is 2. The lowest BCUT2D eigenvalue weighted by atomic mass is 10.1. The van der Waals surface area contributed by atoms with Gasteiger partial charge in [-0.1, -0.05) is 28.1 Å². The molecule has 1 aromatic carbocycles. The SMILES string of the molecule is CCOc1cc(CCl)ccc1C(Br)C(C)=O. The second kappa shape index (κ2) is 6.26. The van der Waals surface area contributed by atoms with E-state index in [4.69, 9.17) is 16.3 Å². The largest absolute Gasteiger partial charge is 0.494 e. The van der Waals surface area contributed by atoms with E-state index in [-0.39, 0.29) is 10.6 Å². The molecule has 1 unspecified atom stereocenters. The zero-order valence-electron chi connectivity index (χ0n) is 9.30. The number of carbonyl (C=O) groups is 1. The number of hydrogen-bond donors (Lipinski definition) is 0. The van der Waals surface area contributed by atoms with Gasteiger partial charge in [0.2, 0.25) is 0 Å². The summed E-state index contributed by atoms with van der Waals surface area (Å²) in [4.78, 5) is 11.0. The van der Waals surface area contributed by atoms with Crippen LogP contribution in [0.5, 0.6) is 5.75 Å². The van der Waals surface area contributed by atoms with E-state index in [0.717, 1.165) is 16.9 Å². The molecule has 0 spiro atoms. The normalized spacial score (nSPS) is 12.2. The molecule has 16 heavy (non-hydrogen) atoms. The molecule has 0 radical (unpaired) electrons. The lowest BCUT2D eigenvalue weighted by Gasteiger charge is -2.14. The molecule has 0 fully saturated rings. The van der Waals surface area contributed by atoms with Gasteiger partial charge < -0.3 is 4.74 Å². The van der Waals surface area contributed by atoms with E-state index in [9.17, 15) is 4.79 Å². The first-order valence-corrected chi connectivity index (χ1v) is 6.51. The molecule has 4 heteroatoms. The first-order chi connectivity index (χ1) is 7.60. The van der Waals surface area contributed by atoms with Crippen LogP contribution in [-0.4, -0.2) is 12.4 Å². The van der Waals surface area contributed by atoms with E-state index in [2.05, 4.69) is 15.9 Å². The maximum atomic E-state index is 11.3. The number of benzene rings is 1. The van der Waals surface area contributed by atoms with Crippen molar-refractivity contribution in [3.8, 4) is 5.75 Å². The Hall–Kier alpha value is -0.540. The van der Waals surface area contributed by atoms with Gasteiger partial charge in [-0.15, -0.1) is 11.6 Å². The van der Waals surface area contributed by atoms with Crippen molar-refractivity contribution in [2.24, 2.45) is 0 Å². The summed E-state index contributed by atoms with van der Waals surface area (Å²) >= 11 is 9.11. The zero-order valence-corrected chi connectivity index (χ0v) is 11.6. The molecule has 88 valence electrons. The third-order valence-corrected chi connectivity index (χ3v) is 3.61. The molecule has 0 bridgehead atoms. The van der Waals surface area contributed by atoms with Crippen LogP contribution in [0.3, 0.4) is 0 Å². The van der Waals surface area contributed by atoms with Gasteiger partial charge in [0.1, 0.15) is 16.4 Å². The molecule has 0 aliphatic heterocycles. The van der Waals surface area contributed by atoms with Gasteiger partial charge >= 0.3 is 0 Å². The predicted octanol–water partition coefficient (Wildman–Crippen LogP) is 3.85. The third kappa shape index (κ3) is 3.22. The van der Waals surface area contributed by atoms with Crippen LogP contribution in [0.2, 0.25) is 0 Å². The van der Waals surface area contributed by atoms with Gasteiger partial charge in [-0.2, -0.15) is 0 Å². The van der Waals surface area contributed by atoms with Crippen molar-refractivity contribution in [1.82, 2.24) is 0 Å². The summed E-state index contributed by atoms with van der Waals surface area (Å²) in [6.07, 6.45) is 0. The van der Waals surface area contributed by atoms with Crippen molar-refractivity contribution < 1.29 is 9.53 Å². The van der Waals surface area contributed by atoms with E-state index in [1.165, 1.54) is 0 Å². The molecule has 0 heterocycles. The monoisotopic (exact) mass is 304 g/mol. The van der Waals surface area contributed by atoms with Gasteiger partial charge in [-0.25, -0.2) is 0 Å². The summed E-state index contributed by atoms with van der Waals surface area (Å²) < 4.78 is 5.51. The maximum Gasteiger partial charge on any atom is 0.147 e. The van der Waals surface area contributed by atoms with Crippen molar-refractivity contribution in [2.75, 3.05) is 6.61 Å². The Labute approximate surface area is 109 Å². The summed E-state index contributed by atoms with van der Waals surface area (Å²) in [5, 5.41) is 0. The first-order valence-electron chi connectivity index (χ1n) is 5.06. The molecule has 0 aromatic heterocycles. The minimum Gasteiger partial charge on any atom is -0.494 e.